The summed E-state index contributed by atoms with van der Waals surface area (Å²) in [5.74, 6) is 1.58. The van der Waals surface area contributed by atoms with Crippen LogP contribution in [0.1, 0.15) is 11.1 Å². The smallest absolute Gasteiger partial charge is 0.120 e. The number of rotatable bonds is 6. The van der Waals surface area contributed by atoms with Gasteiger partial charge >= 0.3 is 0 Å². The van der Waals surface area contributed by atoms with Crippen molar-refractivity contribution in [3.63, 3.8) is 0 Å². The highest BCUT2D eigenvalue weighted by Crippen LogP contribution is 2.23. The largest absolute Gasteiger partial charge is 0.497 e. The van der Waals surface area contributed by atoms with Gasteiger partial charge in [-0.05, 0) is 29.8 Å². The van der Waals surface area contributed by atoms with Crippen molar-refractivity contribution in [3.05, 3.63) is 53.6 Å². The molecule has 110 valence electrons. The SMILES string of the molecule is COc1cccc(CNc2cc(OC)ccc2C(N)=S)c1. The predicted octanol–water partition coefficient (Wildman–Crippen LogP) is 2.95. The van der Waals surface area contributed by atoms with Crippen LogP contribution in [0, 0.1) is 0 Å². The second kappa shape index (κ2) is 6.95. The van der Waals surface area contributed by atoms with Gasteiger partial charge in [-0.1, -0.05) is 24.4 Å². The van der Waals surface area contributed by atoms with Gasteiger partial charge in [0.05, 0.1) is 14.2 Å². The Labute approximate surface area is 129 Å². The molecule has 0 aliphatic heterocycles. The molecule has 0 amide bonds. The van der Waals surface area contributed by atoms with Crippen LogP contribution in [0.15, 0.2) is 42.5 Å². The third kappa shape index (κ3) is 3.86. The van der Waals surface area contributed by atoms with Crippen LogP contribution >= 0.6 is 12.2 Å². The summed E-state index contributed by atoms with van der Waals surface area (Å²) in [7, 11) is 3.28. The Hall–Kier alpha value is -2.27. The second-order valence-corrected chi connectivity index (χ2v) is 4.92. The molecule has 0 aromatic heterocycles. The lowest BCUT2D eigenvalue weighted by molar-refractivity contribution is 0.414. The van der Waals surface area contributed by atoms with E-state index in [-0.39, 0.29) is 0 Å². The average molecular weight is 302 g/mol. The molecular formula is C16H18N2O2S. The molecule has 0 saturated heterocycles. The Morgan fingerprint density at radius 1 is 1.10 bits per heavy atom. The first-order valence-corrected chi connectivity index (χ1v) is 6.89. The molecule has 0 heterocycles. The Morgan fingerprint density at radius 3 is 2.48 bits per heavy atom. The molecule has 0 saturated carbocycles. The molecule has 3 N–H and O–H groups in total. The van der Waals surface area contributed by atoms with Crippen molar-refractivity contribution >= 4 is 22.9 Å². The van der Waals surface area contributed by atoms with Crippen LogP contribution in [0.3, 0.4) is 0 Å². The van der Waals surface area contributed by atoms with E-state index in [9.17, 15) is 0 Å². The quantitative estimate of drug-likeness (QED) is 0.804. The van der Waals surface area contributed by atoms with Crippen LogP contribution in [-0.2, 0) is 6.54 Å². The predicted molar refractivity (Wildman–Crippen MR) is 89.2 cm³/mol. The van der Waals surface area contributed by atoms with Crippen molar-refractivity contribution in [2.75, 3.05) is 19.5 Å². The topological polar surface area (TPSA) is 56.5 Å². The standard InChI is InChI=1S/C16H18N2O2S/c1-19-12-5-3-4-11(8-12)10-18-15-9-13(20-2)6-7-14(15)16(17)21/h3-9,18H,10H2,1-2H3,(H2,17,21). The fraction of sp³-hybridized carbons (Fsp3) is 0.188. The van der Waals surface area contributed by atoms with Gasteiger partial charge < -0.3 is 20.5 Å². The molecule has 21 heavy (non-hydrogen) atoms. The van der Waals surface area contributed by atoms with E-state index in [1.165, 1.54) is 0 Å². The molecule has 2 aromatic rings. The number of nitrogens with one attached hydrogen (secondary N) is 1. The summed E-state index contributed by atoms with van der Waals surface area (Å²) < 4.78 is 10.5. The van der Waals surface area contributed by atoms with Gasteiger partial charge in [-0.25, -0.2) is 0 Å². The van der Waals surface area contributed by atoms with Crippen LogP contribution in [0.4, 0.5) is 5.69 Å². The van der Waals surface area contributed by atoms with E-state index in [0.29, 0.717) is 11.5 Å². The van der Waals surface area contributed by atoms with Gasteiger partial charge in [0.15, 0.2) is 0 Å². The number of thiocarbonyl (C=S) groups is 1. The maximum Gasteiger partial charge on any atom is 0.120 e. The van der Waals surface area contributed by atoms with Gasteiger partial charge in [-0.3, -0.25) is 0 Å². The molecular weight excluding hydrogens is 284 g/mol. The maximum absolute atomic E-state index is 5.75. The minimum absolute atomic E-state index is 0.353. The summed E-state index contributed by atoms with van der Waals surface area (Å²) in [4.78, 5) is 0.353. The molecule has 4 nitrogen and oxygen atoms in total. The van der Waals surface area contributed by atoms with Crippen LogP contribution < -0.4 is 20.5 Å². The number of benzene rings is 2. The number of anilines is 1. The van der Waals surface area contributed by atoms with Gasteiger partial charge in [-0.15, -0.1) is 0 Å². The van der Waals surface area contributed by atoms with Crippen LogP contribution in [-0.4, -0.2) is 19.2 Å². The summed E-state index contributed by atoms with van der Waals surface area (Å²) in [6, 6.07) is 13.4. The second-order valence-electron chi connectivity index (χ2n) is 4.48. The Morgan fingerprint density at radius 2 is 1.81 bits per heavy atom. The van der Waals surface area contributed by atoms with Crippen molar-refractivity contribution in [2.45, 2.75) is 6.54 Å². The van der Waals surface area contributed by atoms with E-state index in [1.54, 1.807) is 14.2 Å². The molecule has 2 rings (SSSR count). The summed E-state index contributed by atoms with van der Waals surface area (Å²) in [5.41, 5.74) is 8.51. The molecule has 0 aliphatic carbocycles. The summed E-state index contributed by atoms with van der Waals surface area (Å²) in [6.07, 6.45) is 0. The molecule has 2 aromatic carbocycles. The van der Waals surface area contributed by atoms with Crippen molar-refractivity contribution in [2.24, 2.45) is 5.73 Å². The zero-order valence-electron chi connectivity index (χ0n) is 12.1. The molecule has 0 unspecified atom stereocenters. The maximum atomic E-state index is 5.75. The number of ether oxygens (including phenoxy) is 2. The first-order valence-electron chi connectivity index (χ1n) is 6.48. The van der Waals surface area contributed by atoms with Crippen molar-refractivity contribution in [1.29, 1.82) is 0 Å². The summed E-state index contributed by atoms with van der Waals surface area (Å²) in [6.45, 7) is 0.639. The summed E-state index contributed by atoms with van der Waals surface area (Å²) in [5, 5.41) is 3.33. The molecule has 0 aliphatic rings. The first-order chi connectivity index (χ1) is 10.1. The molecule has 0 atom stereocenters. The van der Waals surface area contributed by atoms with Crippen LogP contribution in [0.25, 0.3) is 0 Å². The fourth-order valence-electron chi connectivity index (χ4n) is 1.99. The van der Waals surface area contributed by atoms with Crippen LogP contribution in [0.5, 0.6) is 11.5 Å². The van der Waals surface area contributed by atoms with E-state index in [4.69, 9.17) is 27.4 Å². The van der Waals surface area contributed by atoms with Gasteiger partial charge in [0.25, 0.3) is 0 Å². The third-order valence-electron chi connectivity index (χ3n) is 3.11. The number of hydrogen-bond acceptors (Lipinski definition) is 4. The number of nitrogens with two attached hydrogens (primary N) is 1. The average Bonchev–Trinajstić information content (AvgIpc) is 2.52. The van der Waals surface area contributed by atoms with Crippen molar-refractivity contribution in [3.8, 4) is 11.5 Å². The highest BCUT2D eigenvalue weighted by Gasteiger charge is 2.07. The molecule has 5 heteroatoms. The zero-order valence-corrected chi connectivity index (χ0v) is 12.9. The monoisotopic (exact) mass is 302 g/mol. The fourth-order valence-corrected chi connectivity index (χ4v) is 2.17. The minimum atomic E-state index is 0.353. The lowest BCUT2D eigenvalue weighted by atomic mass is 10.1. The molecule has 0 bridgehead atoms. The minimum Gasteiger partial charge on any atom is -0.497 e. The Bertz CT molecular complexity index is 644. The number of methoxy groups -OCH3 is 2. The van der Waals surface area contributed by atoms with Gasteiger partial charge in [0.2, 0.25) is 0 Å². The lowest BCUT2D eigenvalue weighted by Crippen LogP contribution is -2.13. The lowest BCUT2D eigenvalue weighted by Gasteiger charge is -2.13. The van der Waals surface area contributed by atoms with E-state index in [1.807, 2.05) is 42.5 Å². The molecule has 0 radical (unpaired) electrons. The third-order valence-corrected chi connectivity index (χ3v) is 3.33. The zero-order chi connectivity index (χ0) is 15.2. The highest BCUT2D eigenvalue weighted by molar-refractivity contribution is 7.80. The number of hydrogen-bond donors (Lipinski definition) is 2. The summed E-state index contributed by atoms with van der Waals surface area (Å²) >= 11 is 5.08. The van der Waals surface area contributed by atoms with Gasteiger partial charge in [-0.2, -0.15) is 0 Å². The van der Waals surface area contributed by atoms with E-state index < -0.39 is 0 Å². The molecule has 0 spiro atoms. The highest BCUT2D eigenvalue weighted by atomic mass is 32.1. The van der Waals surface area contributed by atoms with Crippen molar-refractivity contribution < 1.29 is 9.47 Å². The van der Waals surface area contributed by atoms with E-state index in [2.05, 4.69) is 5.32 Å². The van der Waals surface area contributed by atoms with E-state index >= 15 is 0 Å². The van der Waals surface area contributed by atoms with Crippen molar-refractivity contribution in [1.82, 2.24) is 0 Å². The normalized spacial score (nSPS) is 10.0. The van der Waals surface area contributed by atoms with Gasteiger partial charge in [0, 0.05) is 23.9 Å². The Balaban J connectivity index is 2.19. The Kier molecular flexibility index (Phi) is 5.00. The van der Waals surface area contributed by atoms with Crippen LogP contribution in [0.2, 0.25) is 0 Å². The van der Waals surface area contributed by atoms with Gasteiger partial charge in [0.1, 0.15) is 16.5 Å². The first kappa shape index (κ1) is 15.1. The molecule has 0 fully saturated rings. The van der Waals surface area contributed by atoms with E-state index in [0.717, 1.165) is 28.3 Å².